The van der Waals surface area contributed by atoms with Crippen molar-refractivity contribution in [1.82, 2.24) is 10.6 Å². The second kappa shape index (κ2) is 10.5. The fraction of sp³-hybridized carbons (Fsp3) is 0.571. The highest BCUT2D eigenvalue weighted by atomic mass is 32.2. The summed E-state index contributed by atoms with van der Waals surface area (Å²) >= 11 is 1.30. The summed E-state index contributed by atoms with van der Waals surface area (Å²) in [6.07, 6.45) is 4.79. The molecule has 2 rings (SSSR count). The molecule has 3 amide bonds. The Labute approximate surface area is 171 Å². The van der Waals surface area contributed by atoms with E-state index in [1.165, 1.54) is 30.9 Å². The SMILES string of the molecule is COC(=O)NC(=NC(=O)NC1CCCCC1)SCc1ccc(C(C)(C)C)cc1. The summed E-state index contributed by atoms with van der Waals surface area (Å²) in [5, 5.41) is 5.70. The monoisotopic (exact) mass is 405 g/mol. The van der Waals surface area contributed by atoms with Gasteiger partial charge in [0.2, 0.25) is 0 Å². The molecule has 1 aromatic rings. The zero-order chi connectivity index (χ0) is 20.6. The van der Waals surface area contributed by atoms with Crippen LogP contribution in [-0.2, 0) is 15.9 Å². The Hall–Kier alpha value is -2.02. The Morgan fingerprint density at radius 1 is 1.14 bits per heavy atom. The highest BCUT2D eigenvalue weighted by Crippen LogP contribution is 2.23. The van der Waals surface area contributed by atoms with Crippen LogP contribution in [0.3, 0.4) is 0 Å². The van der Waals surface area contributed by atoms with Crippen molar-refractivity contribution in [1.29, 1.82) is 0 Å². The lowest BCUT2D eigenvalue weighted by molar-refractivity contribution is 0.177. The highest BCUT2D eigenvalue weighted by Gasteiger charge is 2.17. The maximum absolute atomic E-state index is 12.3. The Morgan fingerprint density at radius 3 is 2.36 bits per heavy atom. The lowest BCUT2D eigenvalue weighted by Crippen LogP contribution is -2.36. The van der Waals surface area contributed by atoms with Crippen molar-refractivity contribution in [3.8, 4) is 0 Å². The Bertz CT molecular complexity index is 690. The van der Waals surface area contributed by atoms with Crippen molar-refractivity contribution in [2.24, 2.45) is 4.99 Å². The number of methoxy groups -OCH3 is 1. The first kappa shape index (κ1) is 22.3. The number of benzene rings is 1. The number of rotatable bonds is 3. The van der Waals surface area contributed by atoms with Crippen LogP contribution in [0.15, 0.2) is 29.3 Å². The molecular weight excluding hydrogens is 374 g/mol. The van der Waals surface area contributed by atoms with Crippen molar-refractivity contribution >= 4 is 29.1 Å². The molecule has 0 aliphatic heterocycles. The van der Waals surface area contributed by atoms with Crippen molar-refractivity contribution in [2.75, 3.05) is 7.11 Å². The molecule has 28 heavy (non-hydrogen) atoms. The number of carbonyl (C=O) groups excluding carboxylic acids is 2. The summed E-state index contributed by atoms with van der Waals surface area (Å²) < 4.78 is 4.64. The molecule has 1 aliphatic rings. The summed E-state index contributed by atoms with van der Waals surface area (Å²) in [4.78, 5) is 27.9. The third-order valence-electron chi connectivity index (χ3n) is 4.73. The minimum atomic E-state index is -0.639. The molecule has 0 atom stereocenters. The average molecular weight is 406 g/mol. The second-order valence-corrected chi connectivity index (χ2v) is 9.02. The van der Waals surface area contributed by atoms with E-state index >= 15 is 0 Å². The van der Waals surface area contributed by atoms with Gasteiger partial charge < -0.3 is 10.1 Å². The number of nitrogens with zero attached hydrogens (tertiary/aromatic N) is 1. The van der Waals surface area contributed by atoms with Crippen molar-refractivity contribution in [3.05, 3.63) is 35.4 Å². The van der Waals surface area contributed by atoms with Crippen LogP contribution in [0.25, 0.3) is 0 Å². The third-order valence-corrected chi connectivity index (χ3v) is 5.67. The quantitative estimate of drug-likeness (QED) is 0.549. The van der Waals surface area contributed by atoms with Gasteiger partial charge in [0.25, 0.3) is 0 Å². The van der Waals surface area contributed by atoms with Crippen LogP contribution in [0.5, 0.6) is 0 Å². The molecule has 0 spiro atoms. The maximum atomic E-state index is 12.3. The number of carbonyl (C=O) groups is 2. The van der Waals surface area contributed by atoms with E-state index in [-0.39, 0.29) is 16.6 Å². The van der Waals surface area contributed by atoms with Gasteiger partial charge in [0, 0.05) is 11.8 Å². The summed E-state index contributed by atoms with van der Waals surface area (Å²) in [6, 6.07) is 8.08. The van der Waals surface area contributed by atoms with Crippen LogP contribution in [0.2, 0.25) is 0 Å². The van der Waals surface area contributed by atoms with Gasteiger partial charge in [0.15, 0.2) is 5.17 Å². The fourth-order valence-electron chi connectivity index (χ4n) is 3.03. The molecule has 6 nitrogen and oxygen atoms in total. The van der Waals surface area contributed by atoms with Crippen LogP contribution in [-0.4, -0.2) is 30.4 Å². The zero-order valence-corrected chi connectivity index (χ0v) is 18.0. The summed E-state index contributed by atoms with van der Waals surface area (Å²) in [6.45, 7) is 6.52. The molecule has 1 aliphatic carbocycles. The molecule has 0 bridgehead atoms. The lowest BCUT2D eigenvalue weighted by atomic mass is 9.87. The minimum absolute atomic E-state index is 0.0991. The molecule has 0 aromatic heterocycles. The Morgan fingerprint density at radius 2 is 1.79 bits per heavy atom. The van der Waals surface area contributed by atoms with E-state index < -0.39 is 12.1 Å². The molecule has 2 N–H and O–H groups in total. The van der Waals surface area contributed by atoms with Gasteiger partial charge >= 0.3 is 12.1 Å². The number of hydrogen-bond donors (Lipinski definition) is 2. The molecule has 0 radical (unpaired) electrons. The van der Waals surface area contributed by atoms with Crippen LogP contribution in [0.4, 0.5) is 9.59 Å². The number of ether oxygens (including phenoxy) is 1. The molecular formula is C21H31N3O3S. The van der Waals surface area contributed by atoms with E-state index in [2.05, 4.69) is 65.4 Å². The minimum Gasteiger partial charge on any atom is -0.453 e. The topological polar surface area (TPSA) is 79.8 Å². The van der Waals surface area contributed by atoms with Crippen LogP contribution in [0, 0.1) is 0 Å². The number of alkyl carbamates (subject to hydrolysis) is 1. The summed E-state index contributed by atoms with van der Waals surface area (Å²) in [7, 11) is 1.28. The highest BCUT2D eigenvalue weighted by molar-refractivity contribution is 8.13. The Kier molecular flexibility index (Phi) is 8.35. The first-order chi connectivity index (χ1) is 13.3. The number of thioether (sulfide) groups is 1. The number of nitrogens with one attached hydrogen (secondary N) is 2. The van der Waals surface area contributed by atoms with Gasteiger partial charge in [0.05, 0.1) is 7.11 Å². The van der Waals surface area contributed by atoms with Crippen LogP contribution in [0.1, 0.15) is 64.0 Å². The molecule has 1 fully saturated rings. The smallest absolute Gasteiger partial charge is 0.412 e. The predicted octanol–water partition coefficient (Wildman–Crippen LogP) is 4.97. The van der Waals surface area contributed by atoms with E-state index in [4.69, 9.17) is 0 Å². The fourth-order valence-corrected chi connectivity index (χ4v) is 3.83. The molecule has 7 heteroatoms. The molecule has 154 valence electrons. The van der Waals surface area contributed by atoms with Crippen LogP contribution >= 0.6 is 11.8 Å². The normalized spacial score (nSPS) is 15.8. The molecule has 0 saturated heterocycles. The van der Waals surface area contributed by atoms with E-state index in [0.717, 1.165) is 31.2 Å². The first-order valence-corrected chi connectivity index (χ1v) is 10.7. The lowest BCUT2D eigenvalue weighted by Gasteiger charge is -2.21. The second-order valence-electron chi connectivity index (χ2n) is 8.05. The van der Waals surface area contributed by atoms with E-state index in [1.54, 1.807) is 0 Å². The first-order valence-electron chi connectivity index (χ1n) is 9.74. The third kappa shape index (κ3) is 7.54. The number of amidine groups is 1. The van der Waals surface area contributed by atoms with Gasteiger partial charge in [0.1, 0.15) is 0 Å². The summed E-state index contributed by atoms with van der Waals surface area (Å²) in [5.74, 6) is 0.587. The van der Waals surface area contributed by atoms with Gasteiger partial charge in [-0.05, 0) is 29.4 Å². The molecule has 0 unspecified atom stereocenters. The molecule has 0 heterocycles. The van der Waals surface area contributed by atoms with Gasteiger partial charge in [-0.2, -0.15) is 4.99 Å². The van der Waals surface area contributed by atoms with E-state index in [1.807, 2.05) is 0 Å². The van der Waals surface area contributed by atoms with E-state index in [9.17, 15) is 9.59 Å². The Balaban J connectivity index is 1.99. The van der Waals surface area contributed by atoms with Crippen molar-refractivity contribution in [3.63, 3.8) is 0 Å². The van der Waals surface area contributed by atoms with Gasteiger partial charge in [-0.25, -0.2) is 9.59 Å². The van der Waals surface area contributed by atoms with E-state index in [0.29, 0.717) is 5.75 Å². The predicted molar refractivity (Wildman–Crippen MR) is 115 cm³/mol. The van der Waals surface area contributed by atoms with Crippen molar-refractivity contribution < 1.29 is 14.3 Å². The average Bonchev–Trinajstić information content (AvgIpc) is 2.66. The van der Waals surface area contributed by atoms with Crippen molar-refractivity contribution in [2.45, 2.75) is 70.1 Å². The standard InChI is InChI=1S/C21H31N3O3S/c1-21(2,3)16-12-10-15(11-13-16)14-28-19(24-20(26)27-4)23-18(25)22-17-8-6-5-7-9-17/h10-13,17H,5-9,14H2,1-4H3,(H2,22,23,24,25,26). The molecule has 1 saturated carbocycles. The number of hydrogen-bond acceptors (Lipinski definition) is 4. The molecule has 1 aromatic carbocycles. The maximum Gasteiger partial charge on any atom is 0.412 e. The van der Waals surface area contributed by atoms with Crippen LogP contribution < -0.4 is 10.6 Å². The number of urea groups is 1. The summed E-state index contributed by atoms with van der Waals surface area (Å²) in [5.41, 5.74) is 2.45. The van der Waals surface area contributed by atoms with Gasteiger partial charge in [-0.3, -0.25) is 5.32 Å². The van der Waals surface area contributed by atoms with Gasteiger partial charge in [-0.1, -0.05) is 76.1 Å². The zero-order valence-electron chi connectivity index (χ0n) is 17.2. The van der Waals surface area contributed by atoms with Gasteiger partial charge in [-0.15, -0.1) is 0 Å². The number of amides is 3. The largest absolute Gasteiger partial charge is 0.453 e. The number of aliphatic imine (C=N–C) groups is 1.